The number of halogens is 1. The Morgan fingerprint density at radius 2 is 2.10 bits per heavy atom. The Bertz CT molecular complexity index is 816. The molecule has 0 saturated carbocycles. The Morgan fingerprint density at radius 3 is 2.67 bits per heavy atom. The standard InChI is InChI=1S/C11H11BrN4O4S/c1-5-3-8(13-4-7(5)12)16-21(19,20)10-6(2)14-15-9(10)11(17)18/h3-4H,1-2H3,(H,13,16)(H,14,15)(H,17,18). The van der Waals surface area contributed by atoms with Gasteiger partial charge < -0.3 is 5.11 Å². The summed E-state index contributed by atoms with van der Waals surface area (Å²) in [6.45, 7) is 3.20. The average molecular weight is 375 g/mol. The number of carbonyl (C=O) groups is 1. The summed E-state index contributed by atoms with van der Waals surface area (Å²) in [6, 6.07) is 1.53. The first-order chi connectivity index (χ1) is 9.72. The number of nitrogens with one attached hydrogen (secondary N) is 2. The van der Waals surface area contributed by atoms with Crippen molar-refractivity contribution in [3.63, 3.8) is 0 Å². The second-order valence-corrected chi connectivity index (χ2v) is 6.73. The van der Waals surface area contributed by atoms with E-state index in [1.165, 1.54) is 19.2 Å². The summed E-state index contributed by atoms with van der Waals surface area (Å²) in [5.74, 6) is -1.34. The van der Waals surface area contributed by atoms with Crippen LogP contribution in [0.2, 0.25) is 0 Å². The molecule has 0 amide bonds. The van der Waals surface area contributed by atoms with Crippen LogP contribution in [0.3, 0.4) is 0 Å². The van der Waals surface area contributed by atoms with Gasteiger partial charge in [0.15, 0.2) is 5.69 Å². The van der Waals surface area contributed by atoms with Crippen molar-refractivity contribution in [3.8, 4) is 0 Å². The Morgan fingerprint density at radius 1 is 1.43 bits per heavy atom. The van der Waals surface area contributed by atoms with Crippen LogP contribution in [0, 0.1) is 13.8 Å². The maximum atomic E-state index is 12.3. The van der Waals surface area contributed by atoms with Crippen molar-refractivity contribution in [1.29, 1.82) is 0 Å². The lowest BCUT2D eigenvalue weighted by Crippen LogP contribution is -2.17. The van der Waals surface area contributed by atoms with Gasteiger partial charge in [-0.2, -0.15) is 5.10 Å². The molecule has 0 aliphatic carbocycles. The average Bonchev–Trinajstić information content (AvgIpc) is 2.76. The highest BCUT2D eigenvalue weighted by atomic mass is 79.9. The number of hydrogen-bond acceptors (Lipinski definition) is 5. The first-order valence-electron chi connectivity index (χ1n) is 5.65. The van der Waals surface area contributed by atoms with Crippen LogP contribution in [-0.4, -0.2) is 34.7 Å². The van der Waals surface area contributed by atoms with Crippen molar-refractivity contribution in [2.24, 2.45) is 0 Å². The first kappa shape index (κ1) is 15.4. The number of carboxylic acids is 1. The van der Waals surface area contributed by atoms with Gasteiger partial charge in [-0.25, -0.2) is 18.2 Å². The topological polar surface area (TPSA) is 125 Å². The monoisotopic (exact) mass is 374 g/mol. The minimum atomic E-state index is -4.11. The van der Waals surface area contributed by atoms with Gasteiger partial charge in [0.25, 0.3) is 10.0 Å². The highest BCUT2D eigenvalue weighted by Gasteiger charge is 2.28. The number of aromatic carboxylic acids is 1. The molecule has 2 aromatic rings. The highest BCUT2D eigenvalue weighted by Crippen LogP contribution is 2.23. The quantitative estimate of drug-likeness (QED) is 0.747. The summed E-state index contributed by atoms with van der Waals surface area (Å²) < 4.78 is 27.6. The number of sulfonamides is 1. The van der Waals surface area contributed by atoms with Gasteiger partial charge in [0.05, 0.1) is 5.69 Å². The van der Waals surface area contributed by atoms with Gasteiger partial charge in [0, 0.05) is 10.7 Å². The van der Waals surface area contributed by atoms with Crippen molar-refractivity contribution in [2.45, 2.75) is 18.7 Å². The van der Waals surface area contributed by atoms with E-state index in [0.29, 0.717) is 0 Å². The zero-order valence-corrected chi connectivity index (χ0v) is 13.4. The summed E-state index contributed by atoms with van der Waals surface area (Å²) in [5, 5.41) is 14.8. The molecule has 0 aliphatic rings. The van der Waals surface area contributed by atoms with Crippen LogP contribution in [0.1, 0.15) is 21.7 Å². The van der Waals surface area contributed by atoms with Gasteiger partial charge in [-0.05, 0) is 41.4 Å². The van der Waals surface area contributed by atoms with Gasteiger partial charge in [0.2, 0.25) is 0 Å². The molecule has 0 bridgehead atoms. The van der Waals surface area contributed by atoms with Gasteiger partial charge >= 0.3 is 5.97 Å². The van der Waals surface area contributed by atoms with Gasteiger partial charge in [0.1, 0.15) is 10.7 Å². The summed E-state index contributed by atoms with van der Waals surface area (Å²) in [5.41, 5.74) is 0.354. The SMILES string of the molecule is Cc1cc(NS(=O)(=O)c2c(C(=O)O)n[nH]c2C)ncc1Br. The Labute approximate surface area is 128 Å². The number of carboxylic acid groups (broad SMARTS) is 1. The number of aryl methyl sites for hydroxylation is 2. The number of rotatable bonds is 4. The van der Waals surface area contributed by atoms with Crippen LogP contribution < -0.4 is 4.72 Å². The minimum Gasteiger partial charge on any atom is -0.476 e. The van der Waals surface area contributed by atoms with Crippen molar-refractivity contribution in [3.05, 3.63) is 33.7 Å². The van der Waals surface area contributed by atoms with Crippen molar-refractivity contribution in [1.82, 2.24) is 15.2 Å². The van der Waals surface area contributed by atoms with Crippen LogP contribution >= 0.6 is 15.9 Å². The lowest BCUT2D eigenvalue weighted by Gasteiger charge is -2.08. The number of H-pyrrole nitrogens is 1. The third kappa shape index (κ3) is 3.05. The Balaban J connectivity index is 2.45. The fourth-order valence-electron chi connectivity index (χ4n) is 1.68. The Kier molecular flexibility index (Phi) is 4.01. The number of nitrogens with zero attached hydrogens (tertiary/aromatic N) is 2. The molecule has 2 heterocycles. The number of hydrogen-bond donors (Lipinski definition) is 3. The molecule has 2 rings (SSSR count). The molecule has 8 nitrogen and oxygen atoms in total. The lowest BCUT2D eigenvalue weighted by atomic mass is 10.3. The highest BCUT2D eigenvalue weighted by molar-refractivity contribution is 9.10. The normalized spacial score (nSPS) is 11.4. The summed E-state index contributed by atoms with van der Waals surface area (Å²) in [6.07, 6.45) is 1.45. The van der Waals surface area contributed by atoms with Gasteiger partial charge in [-0.3, -0.25) is 9.82 Å². The molecule has 0 unspecified atom stereocenters. The smallest absolute Gasteiger partial charge is 0.357 e. The van der Waals surface area contributed by atoms with Crippen LogP contribution in [0.4, 0.5) is 5.82 Å². The molecule has 112 valence electrons. The van der Waals surface area contributed by atoms with E-state index in [0.717, 1.165) is 10.0 Å². The number of pyridine rings is 1. The van der Waals surface area contributed by atoms with E-state index in [9.17, 15) is 13.2 Å². The molecule has 2 aromatic heterocycles. The first-order valence-corrected chi connectivity index (χ1v) is 7.93. The zero-order valence-electron chi connectivity index (χ0n) is 11.0. The predicted molar refractivity (Wildman–Crippen MR) is 77.8 cm³/mol. The molecule has 0 radical (unpaired) electrons. The van der Waals surface area contributed by atoms with Crippen LogP contribution in [0.15, 0.2) is 21.6 Å². The number of anilines is 1. The molecule has 0 aliphatic heterocycles. The van der Waals surface area contributed by atoms with E-state index in [1.54, 1.807) is 6.92 Å². The molecule has 0 atom stereocenters. The summed E-state index contributed by atoms with van der Waals surface area (Å²) >= 11 is 3.26. The maximum absolute atomic E-state index is 12.3. The van der Waals surface area contributed by atoms with Crippen LogP contribution in [0.25, 0.3) is 0 Å². The van der Waals surface area contributed by atoms with Crippen molar-refractivity contribution >= 4 is 37.7 Å². The summed E-state index contributed by atoms with van der Waals surface area (Å²) in [4.78, 5) is 14.6. The van der Waals surface area contributed by atoms with E-state index >= 15 is 0 Å². The van der Waals surface area contributed by atoms with Crippen LogP contribution in [0.5, 0.6) is 0 Å². The molecule has 21 heavy (non-hydrogen) atoms. The minimum absolute atomic E-state index is 0.0904. The van der Waals surface area contributed by atoms with E-state index in [-0.39, 0.29) is 11.5 Å². The van der Waals surface area contributed by atoms with E-state index in [4.69, 9.17) is 5.11 Å². The van der Waals surface area contributed by atoms with Crippen LogP contribution in [-0.2, 0) is 10.0 Å². The van der Waals surface area contributed by atoms with Crippen molar-refractivity contribution in [2.75, 3.05) is 4.72 Å². The lowest BCUT2D eigenvalue weighted by molar-refractivity contribution is 0.0686. The summed E-state index contributed by atoms with van der Waals surface area (Å²) in [7, 11) is -4.11. The van der Waals surface area contributed by atoms with Gasteiger partial charge in [-0.15, -0.1) is 0 Å². The number of aromatic amines is 1. The van der Waals surface area contributed by atoms with E-state index in [2.05, 4.69) is 35.8 Å². The molecule has 3 N–H and O–H groups in total. The molecule has 0 fully saturated rings. The third-order valence-corrected chi connectivity index (χ3v) is 4.99. The van der Waals surface area contributed by atoms with E-state index < -0.39 is 26.6 Å². The molecule has 0 spiro atoms. The molecule has 10 heteroatoms. The molecular formula is C11H11BrN4O4S. The largest absolute Gasteiger partial charge is 0.476 e. The molecule has 0 aromatic carbocycles. The van der Waals surface area contributed by atoms with Gasteiger partial charge in [-0.1, -0.05) is 0 Å². The van der Waals surface area contributed by atoms with E-state index in [1.807, 2.05) is 0 Å². The fraction of sp³-hybridized carbons (Fsp3) is 0.182. The zero-order chi connectivity index (χ0) is 15.8. The number of aromatic nitrogens is 3. The third-order valence-electron chi connectivity index (χ3n) is 2.65. The van der Waals surface area contributed by atoms with Crippen molar-refractivity contribution < 1.29 is 18.3 Å². The second kappa shape index (κ2) is 5.45. The second-order valence-electron chi connectivity index (χ2n) is 4.26. The molecule has 0 saturated heterocycles. The Hall–Kier alpha value is -1.94. The maximum Gasteiger partial charge on any atom is 0.357 e. The molecular weight excluding hydrogens is 364 g/mol. The fourth-order valence-corrected chi connectivity index (χ4v) is 3.22. The predicted octanol–water partition coefficient (Wildman–Crippen LogP) is 1.68.